The molecular formula is C24H23N5O4. The van der Waals surface area contributed by atoms with Crippen molar-refractivity contribution in [2.75, 3.05) is 5.32 Å². The monoisotopic (exact) mass is 445 g/mol. The third kappa shape index (κ3) is 5.79. The van der Waals surface area contributed by atoms with Crippen LogP contribution in [0.2, 0.25) is 0 Å². The zero-order valence-electron chi connectivity index (χ0n) is 17.8. The fraction of sp³-hybridized carbons (Fsp3) is 0.125. The summed E-state index contributed by atoms with van der Waals surface area (Å²) in [6.45, 7) is 1.74. The number of amidine groups is 1. The number of nitrogens with one attached hydrogen (secondary N) is 3. The SMILES string of the molecule is CC(NC(=O)C(C(=O)Nc1ccc(C(=N)N)cc1)c1ccccc1)c1ccc([N+](=O)[O-])cc1. The summed E-state index contributed by atoms with van der Waals surface area (Å²) in [5, 5.41) is 23.9. The van der Waals surface area contributed by atoms with E-state index in [2.05, 4.69) is 10.6 Å². The summed E-state index contributed by atoms with van der Waals surface area (Å²) in [6, 6.07) is 20.5. The number of benzene rings is 3. The molecule has 3 aromatic rings. The third-order valence-electron chi connectivity index (χ3n) is 5.08. The summed E-state index contributed by atoms with van der Waals surface area (Å²) in [6.07, 6.45) is 0. The Kier molecular flexibility index (Phi) is 7.14. The third-order valence-corrected chi connectivity index (χ3v) is 5.08. The van der Waals surface area contributed by atoms with E-state index in [0.29, 0.717) is 22.4 Å². The van der Waals surface area contributed by atoms with E-state index in [1.807, 2.05) is 0 Å². The second-order valence-electron chi connectivity index (χ2n) is 7.40. The molecule has 0 spiro atoms. The van der Waals surface area contributed by atoms with Gasteiger partial charge in [-0.05, 0) is 42.3 Å². The minimum absolute atomic E-state index is 0.0467. The summed E-state index contributed by atoms with van der Waals surface area (Å²) in [4.78, 5) is 36.6. The molecule has 0 saturated heterocycles. The van der Waals surface area contributed by atoms with Crippen molar-refractivity contribution in [2.24, 2.45) is 5.73 Å². The predicted octanol–water partition coefficient (Wildman–Crippen LogP) is 3.48. The van der Waals surface area contributed by atoms with Crippen molar-refractivity contribution >= 4 is 29.0 Å². The van der Waals surface area contributed by atoms with Crippen LogP contribution in [0.4, 0.5) is 11.4 Å². The molecule has 3 aromatic carbocycles. The van der Waals surface area contributed by atoms with Gasteiger partial charge in [0.1, 0.15) is 11.8 Å². The smallest absolute Gasteiger partial charge is 0.269 e. The molecular weight excluding hydrogens is 422 g/mol. The fourth-order valence-electron chi connectivity index (χ4n) is 3.28. The quantitative estimate of drug-likeness (QED) is 0.138. The van der Waals surface area contributed by atoms with E-state index in [-0.39, 0.29) is 11.5 Å². The summed E-state index contributed by atoms with van der Waals surface area (Å²) < 4.78 is 0. The van der Waals surface area contributed by atoms with Crippen molar-refractivity contribution in [3.8, 4) is 0 Å². The number of rotatable bonds is 8. The Morgan fingerprint density at radius 3 is 2.06 bits per heavy atom. The van der Waals surface area contributed by atoms with Gasteiger partial charge in [-0.3, -0.25) is 25.1 Å². The lowest BCUT2D eigenvalue weighted by atomic mass is 9.96. The predicted molar refractivity (Wildman–Crippen MR) is 125 cm³/mol. The maximum absolute atomic E-state index is 13.2. The van der Waals surface area contributed by atoms with Crippen molar-refractivity contribution in [1.82, 2.24) is 5.32 Å². The van der Waals surface area contributed by atoms with Crippen molar-refractivity contribution in [2.45, 2.75) is 18.9 Å². The average Bonchev–Trinajstić information content (AvgIpc) is 2.80. The molecule has 0 radical (unpaired) electrons. The molecule has 9 nitrogen and oxygen atoms in total. The first-order chi connectivity index (χ1) is 15.8. The Morgan fingerprint density at radius 1 is 0.909 bits per heavy atom. The van der Waals surface area contributed by atoms with Crippen LogP contribution in [0.3, 0.4) is 0 Å². The van der Waals surface area contributed by atoms with Gasteiger partial charge in [0.05, 0.1) is 11.0 Å². The number of nitrogen functional groups attached to an aromatic ring is 1. The van der Waals surface area contributed by atoms with E-state index in [0.717, 1.165) is 0 Å². The highest BCUT2D eigenvalue weighted by molar-refractivity contribution is 6.11. The first-order valence-corrected chi connectivity index (χ1v) is 10.1. The molecule has 0 saturated carbocycles. The molecule has 2 unspecified atom stereocenters. The van der Waals surface area contributed by atoms with Gasteiger partial charge in [-0.15, -0.1) is 0 Å². The number of carbonyl (C=O) groups is 2. The molecule has 2 amide bonds. The standard InChI is InChI=1S/C24H23N5O4/c1-15(16-9-13-20(14-10-16)29(32)33)27-23(30)21(17-5-3-2-4-6-17)24(31)28-19-11-7-18(8-12-19)22(25)26/h2-15,21H,1H3,(H3,25,26)(H,27,30)(H,28,31). The zero-order chi connectivity index (χ0) is 24.0. The lowest BCUT2D eigenvalue weighted by Crippen LogP contribution is -2.37. The number of nitrogens with zero attached hydrogens (tertiary/aromatic N) is 1. The number of nitro benzene ring substituents is 1. The average molecular weight is 445 g/mol. The minimum Gasteiger partial charge on any atom is -0.384 e. The van der Waals surface area contributed by atoms with Gasteiger partial charge in [0, 0.05) is 23.4 Å². The van der Waals surface area contributed by atoms with Gasteiger partial charge in [-0.2, -0.15) is 0 Å². The Labute approximate surface area is 190 Å². The second kappa shape index (κ2) is 10.2. The van der Waals surface area contributed by atoms with Crippen LogP contribution in [0.1, 0.15) is 35.6 Å². The Bertz CT molecular complexity index is 1160. The first kappa shape index (κ1) is 23.1. The number of amides is 2. The fourth-order valence-corrected chi connectivity index (χ4v) is 3.28. The molecule has 0 aromatic heterocycles. The van der Waals surface area contributed by atoms with Crippen molar-refractivity contribution in [1.29, 1.82) is 5.41 Å². The number of hydrogen-bond acceptors (Lipinski definition) is 5. The van der Waals surface area contributed by atoms with Gasteiger partial charge in [0.2, 0.25) is 11.8 Å². The van der Waals surface area contributed by atoms with Crippen LogP contribution in [0.5, 0.6) is 0 Å². The van der Waals surface area contributed by atoms with Crippen molar-refractivity contribution in [3.63, 3.8) is 0 Å². The molecule has 168 valence electrons. The maximum atomic E-state index is 13.2. The van der Waals surface area contributed by atoms with E-state index in [4.69, 9.17) is 11.1 Å². The van der Waals surface area contributed by atoms with Crippen LogP contribution in [-0.2, 0) is 9.59 Å². The molecule has 2 atom stereocenters. The van der Waals surface area contributed by atoms with Crippen LogP contribution in [-0.4, -0.2) is 22.6 Å². The Balaban J connectivity index is 1.79. The largest absolute Gasteiger partial charge is 0.384 e. The molecule has 0 heterocycles. The lowest BCUT2D eigenvalue weighted by molar-refractivity contribution is -0.384. The van der Waals surface area contributed by atoms with Crippen molar-refractivity contribution < 1.29 is 14.5 Å². The van der Waals surface area contributed by atoms with Gasteiger partial charge < -0.3 is 16.4 Å². The van der Waals surface area contributed by atoms with E-state index < -0.39 is 28.7 Å². The number of nitro groups is 1. The van der Waals surface area contributed by atoms with Gasteiger partial charge in [-0.1, -0.05) is 42.5 Å². The molecule has 9 heteroatoms. The van der Waals surface area contributed by atoms with E-state index in [9.17, 15) is 19.7 Å². The normalized spacial score (nSPS) is 12.3. The highest BCUT2D eigenvalue weighted by Crippen LogP contribution is 2.22. The van der Waals surface area contributed by atoms with Crippen LogP contribution >= 0.6 is 0 Å². The van der Waals surface area contributed by atoms with E-state index in [1.54, 1.807) is 73.7 Å². The number of nitrogens with two attached hydrogens (primary N) is 1. The van der Waals surface area contributed by atoms with Gasteiger partial charge >= 0.3 is 0 Å². The molecule has 3 rings (SSSR count). The van der Waals surface area contributed by atoms with Crippen LogP contribution in [0, 0.1) is 15.5 Å². The summed E-state index contributed by atoms with van der Waals surface area (Å²) >= 11 is 0. The molecule has 0 aliphatic rings. The second-order valence-corrected chi connectivity index (χ2v) is 7.40. The topological polar surface area (TPSA) is 151 Å². The molecule has 0 aliphatic carbocycles. The Morgan fingerprint density at radius 2 is 1.52 bits per heavy atom. The molecule has 5 N–H and O–H groups in total. The summed E-state index contributed by atoms with van der Waals surface area (Å²) in [5.74, 6) is -2.25. The van der Waals surface area contributed by atoms with E-state index >= 15 is 0 Å². The Hall–Kier alpha value is -4.53. The van der Waals surface area contributed by atoms with Crippen molar-refractivity contribution in [3.05, 3.63) is 106 Å². The number of hydrogen-bond donors (Lipinski definition) is 4. The zero-order valence-corrected chi connectivity index (χ0v) is 17.8. The number of non-ortho nitro benzene ring substituents is 1. The van der Waals surface area contributed by atoms with Crippen LogP contribution in [0.25, 0.3) is 0 Å². The highest BCUT2D eigenvalue weighted by atomic mass is 16.6. The molecule has 0 bridgehead atoms. The molecule has 0 aliphatic heterocycles. The summed E-state index contributed by atoms with van der Waals surface area (Å²) in [7, 11) is 0. The summed E-state index contributed by atoms with van der Waals surface area (Å²) in [5.41, 5.74) is 7.57. The van der Waals surface area contributed by atoms with Crippen LogP contribution in [0.15, 0.2) is 78.9 Å². The first-order valence-electron chi connectivity index (χ1n) is 10.1. The molecule has 0 fully saturated rings. The lowest BCUT2D eigenvalue weighted by Gasteiger charge is -2.21. The number of anilines is 1. The van der Waals surface area contributed by atoms with Gasteiger partial charge in [0.25, 0.3) is 5.69 Å². The van der Waals surface area contributed by atoms with E-state index in [1.165, 1.54) is 12.1 Å². The van der Waals surface area contributed by atoms with Gasteiger partial charge in [0.15, 0.2) is 0 Å². The maximum Gasteiger partial charge on any atom is 0.269 e. The minimum atomic E-state index is -1.13. The highest BCUT2D eigenvalue weighted by Gasteiger charge is 2.29. The molecule has 33 heavy (non-hydrogen) atoms. The van der Waals surface area contributed by atoms with Crippen LogP contribution < -0.4 is 16.4 Å². The van der Waals surface area contributed by atoms with Gasteiger partial charge in [-0.25, -0.2) is 0 Å². The number of carbonyl (C=O) groups excluding carboxylic acids is 2.